The number of rotatable bonds is 7. The molecule has 0 bridgehead atoms. The molecule has 5 rings (SSSR count). The van der Waals surface area contributed by atoms with Crippen LogP contribution in [0.25, 0.3) is 0 Å². The first-order valence-corrected chi connectivity index (χ1v) is 12.5. The maximum Gasteiger partial charge on any atom is 0.258 e. The molecule has 0 aromatic heterocycles. The van der Waals surface area contributed by atoms with Gasteiger partial charge in [0.2, 0.25) is 0 Å². The lowest BCUT2D eigenvalue weighted by molar-refractivity contribution is 0.0975. The largest absolute Gasteiger partial charge is 0.300 e. The van der Waals surface area contributed by atoms with Crippen molar-refractivity contribution in [1.29, 1.82) is 0 Å². The summed E-state index contributed by atoms with van der Waals surface area (Å²) in [6.45, 7) is 6.80. The number of amides is 1. The average molecular weight is 439 g/mol. The SMILES string of the molecule is CCCN(CCC)C1CCC2c3c1cccc3N(C(=O)c1ccccc1)C2c1ccccc1. The summed E-state index contributed by atoms with van der Waals surface area (Å²) in [7, 11) is 0. The second-order valence-corrected chi connectivity index (χ2v) is 9.41. The van der Waals surface area contributed by atoms with Crippen LogP contribution in [0.4, 0.5) is 5.69 Å². The van der Waals surface area contributed by atoms with Gasteiger partial charge in [-0.3, -0.25) is 14.6 Å². The highest BCUT2D eigenvalue weighted by molar-refractivity contribution is 6.08. The number of carbonyl (C=O) groups is 1. The predicted octanol–water partition coefficient (Wildman–Crippen LogP) is 7.13. The molecule has 2 aliphatic rings. The first kappa shape index (κ1) is 21.9. The molecule has 0 saturated heterocycles. The molecule has 0 spiro atoms. The fourth-order valence-electron chi connectivity index (χ4n) is 6.12. The van der Waals surface area contributed by atoms with Gasteiger partial charge in [-0.05, 0) is 73.7 Å². The van der Waals surface area contributed by atoms with E-state index < -0.39 is 0 Å². The summed E-state index contributed by atoms with van der Waals surface area (Å²) in [5.74, 6) is 0.440. The molecule has 1 aliphatic heterocycles. The van der Waals surface area contributed by atoms with Crippen molar-refractivity contribution in [1.82, 2.24) is 4.90 Å². The highest BCUT2D eigenvalue weighted by Gasteiger charge is 2.47. The van der Waals surface area contributed by atoms with Crippen molar-refractivity contribution in [3.8, 4) is 0 Å². The summed E-state index contributed by atoms with van der Waals surface area (Å²) in [6.07, 6.45) is 4.59. The van der Waals surface area contributed by atoms with Gasteiger partial charge < -0.3 is 0 Å². The minimum atomic E-state index is 0.0433. The van der Waals surface area contributed by atoms with Crippen molar-refractivity contribution < 1.29 is 4.79 Å². The molecule has 0 radical (unpaired) electrons. The molecule has 33 heavy (non-hydrogen) atoms. The summed E-state index contributed by atoms with van der Waals surface area (Å²) in [4.78, 5) is 18.7. The Morgan fingerprint density at radius 1 is 0.848 bits per heavy atom. The van der Waals surface area contributed by atoms with Gasteiger partial charge in [0.15, 0.2) is 0 Å². The van der Waals surface area contributed by atoms with E-state index in [2.05, 4.69) is 72.2 Å². The lowest BCUT2D eigenvalue weighted by atomic mass is 9.76. The van der Waals surface area contributed by atoms with E-state index in [9.17, 15) is 4.79 Å². The van der Waals surface area contributed by atoms with E-state index in [1.807, 2.05) is 30.3 Å². The first-order chi connectivity index (χ1) is 16.2. The quantitative estimate of drug-likeness (QED) is 0.392. The summed E-state index contributed by atoms with van der Waals surface area (Å²) >= 11 is 0. The van der Waals surface area contributed by atoms with Gasteiger partial charge in [-0.15, -0.1) is 0 Å². The molecule has 1 aliphatic carbocycles. The maximum absolute atomic E-state index is 13.9. The second-order valence-electron chi connectivity index (χ2n) is 9.41. The Labute approximate surface area is 198 Å². The van der Waals surface area contributed by atoms with Crippen molar-refractivity contribution in [2.45, 2.75) is 57.5 Å². The molecular formula is C30H34N2O. The lowest BCUT2D eigenvalue weighted by Gasteiger charge is -2.38. The van der Waals surface area contributed by atoms with E-state index >= 15 is 0 Å². The van der Waals surface area contributed by atoms with Crippen LogP contribution in [0.5, 0.6) is 0 Å². The van der Waals surface area contributed by atoms with E-state index in [1.54, 1.807) is 0 Å². The molecule has 3 heteroatoms. The number of hydrogen-bond acceptors (Lipinski definition) is 2. The molecule has 0 fully saturated rings. The van der Waals surface area contributed by atoms with Crippen LogP contribution < -0.4 is 4.90 Å². The van der Waals surface area contributed by atoms with Gasteiger partial charge in [0.25, 0.3) is 5.91 Å². The summed E-state index contributed by atoms with van der Waals surface area (Å²) in [5, 5.41) is 0. The second kappa shape index (κ2) is 9.52. The van der Waals surface area contributed by atoms with E-state index in [1.165, 1.54) is 29.5 Å². The van der Waals surface area contributed by atoms with Gasteiger partial charge in [0, 0.05) is 23.2 Å². The van der Waals surface area contributed by atoms with E-state index in [4.69, 9.17) is 0 Å². The molecule has 3 nitrogen and oxygen atoms in total. The molecule has 3 aromatic carbocycles. The van der Waals surface area contributed by atoms with Crippen LogP contribution in [-0.4, -0.2) is 23.9 Å². The fourth-order valence-corrected chi connectivity index (χ4v) is 6.12. The Hall–Kier alpha value is -2.91. The van der Waals surface area contributed by atoms with Crippen molar-refractivity contribution in [2.24, 2.45) is 0 Å². The molecule has 170 valence electrons. The number of nitrogens with zero attached hydrogens (tertiary/aromatic N) is 2. The Bertz CT molecular complexity index is 1090. The number of benzene rings is 3. The van der Waals surface area contributed by atoms with Gasteiger partial charge in [0.1, 0.15) is 0 Å². The molecule has 3 unspecified atom stereocenters. The standard InChI is InChI=1S/C30H34N2O/c1-3-20-31(21-4-2)26-19-18-25-28-24(26)16-11-17-27(28)32(29(25)22-12-7-5-8-13-22)30(33)23-14-9-6-10-15-23/h5-17,25-26,29H,3-4,18-21H2,1-2H3. The average Bonchev–Trinajstić information content (AvgIpc) is 3.21. The van der Waals surface area contributed by atoms with Crippen molar-refractivity contribution in [2.75, 3.05) is 18.0 Å². The van der Waals surface area contributed by atoms with Crippen LogP contribution in [0.2, 0.25) is 0 Å². The number of hydrogen-bond donors (Lipinski definition) is 0. The van der Waals surface area contributed by atoms with Gasteiger partial charge in [0.05, 0.1) is 6.04 Å². The van der Waals surface area contributed by atoms with Crippen LogP contribution in [0, 0.1) is 0 Å². The molecular weight excluding hydrogens is 404 g/mol. The van der Waals surface area contributed by atoms with Gasteiger partial charge >= 0.3 is 0 Å². The summed E-state index contributed by atoms with van der Waals surface area (Å²) in [6, 6.07) is 27.5. The summed E-state index contributed by atoms with van der Waals surface area (Å²) < 4.78 is 0. The molecule has 1 heterocycles. The van der Waals surface area contributed by atoms with Gasteiger partial charge in [-0.1, -0.05) is 74.5 Å². The molecule has 1 amide bonds. The number of carbonyl (C=O) groups excluding carboxylic acids is 1. The van der Waals surface area contributed by atoms with Crippen LogP contribution in [0.3, 0.4) is 0 Å². The van der Waals surface area contributed by atoms with Gasteiger partial charge in [-0.2, -0.15) is 0 Å². The monoisotopic (exact) mass is 438 g/mol. The fraction of sp³-hybridized carbons (Fsp3) is 0.367. The highest BCUT2D eigenvalue weighted by Crippen LogP contribution is 2.57. The lowest BCUT2D eigenvalue weighted by Crippen LogP contribution is -2.35. The minimum absolute atomic E-state index is 0.0433. The Morgan fingerprint density at radius 2 is 1.52 bits per heavy atom. The zero-order valence-corrected chi connectivity index (χ0v) is 19.8. The predicted molar refractivity (Wildman–Crippen MR) is 136 cm³/mol. The van der Waals surface area contributed by atoms with E-state index in [0.29, 0.717) is 12.0 Å². The molecule has 0 N–H and O–H groups in total. The smallest absolute Gasteiger partial charge is 0.258 e. The minimum Gasteiger partial charge on any atom is -0.300 e. The highest BCUT2D eigenvalue weighted by atomic mass is 16.2. The zero-order chi connectivity index (χ0) is 22.8. The summed E-state index contributed by atoms with van der Waals surface area (Å²) in [5.41, 5.74) is 5.94. The van der Waals surface area contributed by atoms with Crippen molar-refractivity contribution >= 4 is 11.6 Å². The Kier molecular flexibility index (Phi) is 6.32. The zero-order valence-electron chi connectivity index (χ0n) is 19.8. The Balaban J connectivity index is 1.64. The third-order valence-corrected chi connectivity index (χ3v) is 7.36. The van der Waals surface area contributed by atoms with Crippen molar-refractivity contribution in [3.63, 3.8) is 0 Å². The molecule has 3 aromatic rings. The first-order valence-electron chi connectivity index (χ1n) is 12.5. The van der Waals surface area contributed by atoms with Crippen LogP contribution >= 0.6 is 0 Å². The topological polar surface area (TPSA) is 23.6 Å². The number of anilines is 1. The normalized spacial score (nSPS) is 21.3. The van der Waals surface area contributed by atoms with Gasteiger partial charge in [-0.25, -0.2) is 0 Å². The molecule has 0 saturated carbocycles. The van der Waals surface area contributed by atoms with Crippen molar-refractivity contribution in [3.05, 3.63) is 101 Å². The van der Waals surface area contributed by atoms with E-state index in [-0.39, 0.29) is 11.9 Å². The van der Waals surface area contributed by atoms with Crippen LogP contribution in [0.1, 0.15) is 84.6 Å². The third kappa shape index (κ3) is 3.89. The van der Waals surface area contributed by atoms with Crippen LogP contribution in [-0.2, 0) is 0 Å². The Morgan fingerprint density at radius 3 is 2.18 bits per heavy atom. The maximum atomic E-state index is 13.9. The molecule has 3 atom stereocenters. The van der Waals surface area contributed by atoms with E-state index in [0.717, 1.165) is 37.2 Å². The third-order valence-electron chi connectivity index (χ3n) is 7.36. The van der Waals surface area contributed by atoms with Crippen LogP contribution in [0.15, 0.2) is 78.9 Å².